The molecule has 1 rings (SSSR count). The van der Waals surface area contributed by atoms with Crippen molar-refractivity contribution < 1.29 is 13.9 Å². The van der Waals surface area contributed by atoms with Crippen molar-refractivity contribution in [3.63, 3.8) is 0 Å². The van der Waals surface area contributed by atoms with E-state index in [9.17, 15) is 9.18 Å². The number of carbonyl (C=O) groups excluding carboxylic acids is 1. The molecule has 1 aromatic rings. The molecule has 0 unspecified atom stereocenters. The third-order valence-corrected chi connectivity index (χ3v) is 2.43. The van der Waals surface area contributed by atoms with Gasteiger partial charge < -0.3 is 15.8 Å². The molecule has 2 atom stereocenters. The maximum Gasteiger partial charge on any atom is 0.408 e. The number of nitrogens with one attached hydrogen (secondary N) is 1. The monoisotopic (exact) mass is 268 g/mol. The number of alkyl carbamates (subject to hydrolysis) is 1. The first kappa shape index (κ1) is 15.4. The van der Waals surface area contributed by atoms with Crippen LogP contribution in [0.2, 0.25) is 0 Å². The lowest BCUT2D eigenvalue weighted by molar-refractivity contribution is 0.0476. The molecule has 1 aromatic carbocycles. The molecule has 0 saturated heterocycles. The predicted octanol–water partition coefficient (Wildman–Crippen LogP) is 2.55. The van der Waals surface area contributed by atoms with E-state index in [2.05, 4.69) is 5.32 Å². The highest BCUT2D eigenvalue weighted by atomic mass is 19.1. The van der Waals surface area contributed by atoms with Gasteiger partial charge in [-0.2, -0.15) is 0 Å². The Bertz CT molecular complexity index is 404. The lowest BCUT2D eigenvalue weighted by atomic mass is 10.0. The average Bonchev–Trinajstić information content (AvgIpc) is 2.34. The summed E-state index contributed by atoms with van der Waals surface area (Å²) in [4.78, 5) is 11.6. The van der Waals surface area contributed by atoms with E-state index in [-0.39, 0.29) is 6.54 Å². The zero-order valence-electron chi connectivity index (χ0n) is 11.5. The van der Waals surface area contributed by atoms with Gasteiger partial charge in [-0.05, 0) is 26.3 Å². The van der Waals surface area contributed by atoms with Crippen LogP contribution >= 0.6 is 0 Å². The van der Waals surface area contributed by atoms with Crippen molar-refractivity contribution in [2.45, 2.75) is 38.6 Å². The predicted molar refractivity (Wildman–Crippen MR) is 72.5 cm³/mol. The van der Waals surface area contributed by atoms with Crippen LogP contribution in [0, 0.1) is 0 Å². The second-order valence-electron chi connectivity index (χ2n) is 5.30. The molecule has 0 saturated carbocycles. The zero-order chi connectivity index (χ0) is 14.5. The van der Waals surface area contributed by atoms with Crippen LogP contribution in [0.5, 0.6) is 0 Å². The van der Waals surface area contributed by atoms with Crippen molar-refractivity contribution in [1.82, 2.24) is 5.32 Å². The molecule has 0 aliphatic heterocycles. The average molecular weight is 268 g/mol. The van der Waals surface area contributed by atoms with Crippen LogP contribution in [0.4, 0.5) is 9.18 Å². The van der Waals surface area contributed by atoms with E-state index in [0.29, 0.717) is 5.56 Å². The van der Waals surface area contributed by atoms with Gasteiger partial charge in [0.05, 0.1) is 6.04 Å². The highest BCUT2D eigenvalue weighted by Crippen LogP contribution is 2.21. The molecule has 106 valence electrons. The molecular weight excluding hydrogens is 247 g/mol. The van der Waals surface area contributed by atoms with Crippen LogP contribution < -0.4 is 11.1 Å². The van der Waals surface area contributed by atoms with Crippen LogP contribution in [0.3, 0.4) is 0 Å². The van der Waals surface area contributed by atoms with Gasteiger partial charge in [-0.25, -0.2) is 9.18 Å². The van der Waals surface area contributed by atoms with Crippen LogP contribution in [-0.2, 0) is 4.74 Å². The summed E-state index contributed by atoms with van der Waals surface area (Å²) in [7, 11) is 0. The maximum atomic E-state index is 14.2. The molecule has 0 bridgehead atoms. The lowest BCUT2D eigenvalue weighted by Gasteiger charge is -2.25. The molecule has 0 aliphatic carbocycles. The highest BCUT2D eigenvalue weighted by molar-refractivity contribution is 5.68. The van der Waals surface area contributed by atoms with Gasteiger partial charge in [0, 0.05) is 6.54 Å². The molecular formula is C14H21FN2O2. The first-order chi connectivity index (χ1) is 8.83. The molecule has 0 spiro atoms. The number of nitrogens with two attached hydrogens (primary N) is 1. The molecule has 4 nitrogen and oxygen atoms in total. The summed E-state index contributed by atoms with van der Waals surface area (Å²) in [5.74, 6) is 0. The summed E-state index contributed by atoms with van der Waals surface area (Å²) < 4.78 is 19.3. The van der Waals surface area contributed by atoms with E-state index < -0.39 is 23.9 Å². The van der Waals surface area contributed by atoms with Crippen molar-refractivity contribution in [3.8, 4) is 0 Å². The number of benzene rings is 1. The number of hydrogen-bond acceptors (Lipinski definition) is 3. The number of rotatable bonds is 4. The minimum atomic E-state index is -1.36. The summed E-state index contributed by atoms with van der Waals surface area (Å²) in [5.41, 5.74) is 5.37. The molecule has 1 amide bonds. The number of halogens is 1. The minimum absolute atomic E-state index is 0.00466. The normalized spacial score (nSPS) is 14.6. The van der Waals surface area contributed by atoms with Gasteiger partial charge >= 0.3 is 6.09 Å². The van der Waals surface area contributed by atoms with E-state index >= 15 is 0 Å². The molecule has 0 aliphatic rings. The molecule has 0 heterocycles. The fraction of sp³-hybridized carbons (Fsp3) is 0.500. The number of amides is 1. The highest BCUT2D eigenvalue weighted by Gasteiger charge is 2.25. The number of alkyl halides is 1. The van der Waals surface area contributed by atoms with Crippen molar-refractivity contribution >= 4 is 6.09 Å². The smallest absolute Gasteiger partial charge is 0.408 e. The van der Waals surface area contributed by atoms with Gasteiger partial charge in [0.15, 0.2) is 0 Å². The second kappa shape index (κ2) is 6.52. The Morgan fingerprint density at radius 2 is 1.95 bits per heavy atom. The van der Waals surface area contributed by atoms with E-state index in [0.717, 1.165) is 0 Å². The van der Waals surface area contributed by atoms with Crippen molar-refractivity contribution in [1.29, 1.82) is 0 Å². The number of ether oxygens (including phenoxy) is 1. The van der Waals surface area contributed by atoms with Crippen molar-refractivity contribution in [2.24, 2.45) is 5.73 Å². The third kappa shape index (κ3) is 5.26. The second-order valence-corrected chi connectivity index (χ2v) is 5.30. The molecule has 0 radical (unpaired) electrons. The quantitative estimate of drug-likeness (QED) is 0.882. The van der Waals surface area contributed by atoms with Crippen molar-refractivity contribution in [2.75, 3.05) is 6.54 Å². The van der Waals surface area contributed by atoms with Crippen LogP contribution in [0.15, 0.2) is 30.3 Å². The Morgan fingerprint density at radius 3 is 2.42 bits per heavy atom. The van der Waals surface area contributed by atoms with E-state index in [1.165, 1.54) is 0 Å². The topological polar surface area (TPSA) is 64.3 Å². The van der Waals surface area contributed by atoms with Gasteiger partial charge in [-0.15, -0.1) is 0 Å². The summed E-state index contributed by atoms with van der Waals surface area (Å²) in [6.07, 6.45) is -2.03. The molecule has 19 heavy (non-hydrogen) atoms. The standard InChI is InChI=1S/C14H21FN2O2/c1-14(2,3)19-13(18)17-11(9-16)12(15)10-7-5-4-6-8-10/h4-8,11-12H,9,16H2,1-3H3,(H,17,18)/t11-,12+/m1/s1. The maximum absolute atomic E-state index is 14.2. The lowest BCUT2D eigenvalue weighted by Crippen LogP contribution is -2.45. The summed E-state index contributed by atoms with van der Waals surface area (Å²) in [6.45, 7) is 5.23. The Labute approximate surface area is 113 Å². The molecule has 0 fully saturated rings. The zero-order valence-corrected chi connectivity index (χ0v) is 11.5. The Kier molecular flexibility index (Phi) is 5.30. The van der Waals surface area contributed by atoms with E-state index in [1.807, 2.05) is 0 Å². The fourth-order valence-electron chi connectivity index (χ4n) is 1.58. The van der Waals surface area contributed by atoms with E-state index in [1.54, 1.807) is 51.1 Å². The first-order valence-electron chi connectivity index (χ1n) is 6.22. The summed E-state index contributed by atoms with van der Waals surface area (Å²) >= 11 is 0. The number of carbonyl (C=O) groups is 1. The first-order valence-corrected chi connectivity index (χ1v) is 6.22. The Morgan fingerprint density at radius 1 is 1.37 bits per heavy atom. The minimum Gasteiger partial charge on any atom is -0.444 e. The van der Waals surface area contributed by atoms with Crippen LogP contribution in [-0.4, -0.2) is 24.3 Å². The largest absolute Gasteiger partial charge is 0.444 e. The van der Waals surface area contributed by atoms with Crippen LogP contribution in [0.25, 0.3) is 0 Å². The van der Waals surface area contributed by atoms with Gasteiger partial charge in [-0.3, -0.25) is 0 Å². The van der Waals surface area contributed by atoms with Gasteiger partial charge in [-0.1, -0.05) is 30.3 Å². The SMILES string of the molecule is CC(C)(C)OC(=O)N[C@H](CN)[C@@H](F)c1ccccc1. The Balaban J connectivity index is 2.66. The van der Waals surface area contributed by atoms with Crippen LogP contribution in [0.1, 0.15) is 32.5 Å². The van der Waals surface area contributed by atoms with Crippen molar-refractivity contribution in [3.05, 3.63) is 35.9 Å². The van der Waals surface area contributed by atoms with Gasteiger partial charge in [0.1, 0.15) is 11.8 Å². The van der Waals surface area contributed by atoms with Gasteiger partial charge in [0.25, 0.3) is 0 Å². The van der Waals surface area contributed by atoms with Gasteiger partial charge in [0.2, 0.25) is 0 Å². The Hall–Kier alpha value is -1.62. The summed E-state index contributed by atoms with van der Waals surface area (Å²) in [5, 5.41) is 2.46. The molecule has 0 aromatic heterocycles. The third-order valence-electron chi connectivity index (χ3n) is 2.43. The van der Waals surface area contributed by atoms with E-state index in [4.69, 9.17) is 10.5 Å². The number of hydrogen-bond donors (Lipinski definition) is 2. The molecule has 3 N–H and O–H groups in total. The molecule has 5 heteroatoms. The summed E-state index contributed by atoms with van der Waals surface area (Å²) in [6, 6.07) is 7.78. The fourth-order valence-corrected chi connectivity index (χ4v) is 1.58.